The van der Waals surface area contributed by atoms with Gasteiger partial charge >= 0.3 is 19.6 Å². The fourth-order valence-corrected chi connectivity index (χ4v) is 6.24. The van der Waals surface area contributed by atoms with E-state index < -0.39 is 62.3 Å². The molecule has 0 amide bonds. The molecule has 0 radical (unpaired) electrons. The lowest BCUT2D eigenvalue weighted by Gasteiger charge is -2.28. The molecule has 266 valence electrons. The molecule has 1 fully saturated rings. The van der Waals surface area contributed by atoms with E-state index in [0.717, 1.165) is 0 Å². The first-order valence-electron chi connectivity index (χ1n) is 15.4. The van der Waals surface area contributed by atoms with Crippen LogP contribution in [0.1, 0.15) is 75.5 Å². The Bertz CT molecular complexity index is 1410. The monoisotopic (exact) mass is 687 g/mol. The highest BCUT2D eigenvalue weighted by Crippen LogP contribution is 2.44. The van der Waals surface area contributed by atoms with Crippen LogP contribution >= 0.6 is 7.67 Å². The highest BCUT2D eigenvalue weighted by molar-refractivity contribution is 7.54. The van der Waals surface area contributed by atoms with Crippen LogP contribution in [0.5, 0.6) is 5.88 Å². The van der Waals surface area contributed by atoms with Crippen LogP contribution in [0.2, 0.25) is 0 Å². The molecular formula is C29H50N7O10P. The van der Waals surface area contributed by atoms with Gasteiger partial charge in [0.2, 0.25) is 11.8 Å². The van der Waals surface area contributed by atoms with Gasteiger partial charge in [-0.05, 0) is 38.5 Å². The number of fused-ring (bicyclic) bond motifs is 1. The summed E-state index contributed by atoms with van der Waals surface area (Å²) in [5.41, 5.74) is 3.76. The van der Waals surface area contributed by atoms with Crippen molar-refractivity contribution in [1.29, 1.82) is 0 Å². The summed E-state index contributed by atoms with van der Waals surface area (Å²) in [5.74, 6) is -1.37. The molecule has 6 N–H and O–H groups in total. The van der Waals surface area contributed by atoms with Crippen molar-refractivity contribution in [2.45, 2.75) is 105 Å². The first-order valence-corrected chi connectivity index (χ1v) is 17.0. The van der Waals surface area contributed by atoms with Crippen LogP contribution in [0.4, 0.5) is 5.95 Å². The average molecular weight is 688 g/mol. The predicted molar refractivity (Wildman–Crippen MR) is 171 cm³/mol. The number of anilines is 1. The zero-order chi connectivity index (χ0) is 35.5. The van der Waals surface area contributed by atoms with E-state index in [9.17, 15) is 24.4 Å². The Balaban J connectivity index is 1.83. The van der Waals surface area contributed by atoms with Crippen molar-refractivity contribution in [1.82, 2.24) is 29.7 Å². The summed E-state index contributed by atoms with van der Waals surface area (Å²) >= 11 is 0. The molecule has 6 unspecified atom stereocenters. The number of rotatable bonds is 14. The van der Waals surface area contributed by atoms with Gasteiger partial charge < -0.3 is 39.4 Å². The number of nitrogens with two attached hydrogens (primary N) is 1. The molecule has 1 aliphatic rings. The molecule has 47 heavy (non-hydrogen) atoms. The van der Waals surface area contributed by atoms with Gasteiger partial charge in [-0.15, -0.1) is 0 Å². The summed E-state index contributed by atoms with van der Waals surface area (Å²) in [7, 11) is -4.28. The summed E-state index contributed by atoms with van der Waals surface area (Å²) < 4.78 is 43.6. The molecule has 3 heterocycles. The average Bonchev–Trinajstić information content (AvgIpc) is 3.45. The zero-order valence-electron chi connectivity index (χ0n) is 28.8. The fourth-order valence-electron chi connectivity index (χ4n) is 4.42. The van der Waals surface area contributed by atoms with Gasteiger partial charge in [0.05, 0.1) is 32.8 Å². The molecule has 0 saturated carbocycles. The van der Waals surface area contributed by atoms with Crippen molar-refractivity contribution in [3.63, 3.8) is 0 Å². The number of nitrogens with zero attached hydrogens (tertiary/aromatic N) is 4. The van der Waals surface area contributed by atoms with E-state index in [-0.39, 0.29) is 53.6 Å². The number of aliphatic hydroxyl groups excluding tert-OH is 1. The van der Waals surface area contributed by atoms with Crippen LogP contribution in [-0.4, -0.2) is 98.0 Å². The minimum atomic E-state index is -4.28. The van der Waals surface area contributed by atoms with Crippen LogP contribution in [-0.2, 0) is 32.9 Å². The Morgan fingerprint density at radius 2 is 1.62 bits per heavy atom. The second kappa shape index (κ2) is 14.7. The van der Waals surface area contributed by atoms with Gasteiger partial charge in [-0.25, -0.2) is 15.2 Å². The van der Waals surface area contributed by atoms with E-state index in [1.165, 1.54) is 31.7 Å². The van der Waals surface area contributed by atoms with Crippen molar-refractivity contribution in [3.05, 3.63) is 6.33 Å². The number of nitrogen functional groups attached to an aromatic ring is 1. The number of esters is 2. The zero-order valence-corrected chi connectivity index (χ0v) is 29.7. The smallest absolute Gasteiger partial charge is 0.342 e. The number of carbonyl (C=O) groups excluding carboxylic acids is 2. The molecule has 2 aromatic rings. The minimum absolute atomic E-state index is 0.107. The lowest BCUT2D eigenvalue weighted by molar-refractivity contribution is -0.148. The van der Waals surface area contributed by atoms with E-state index in [2.05, 4.69) is 25.1 Å². The van der Waals surface area contributed by atoms with Crippen LogP contribution in [0, 0.1) is 10.8 Å². The maximum Gasteiger partial charge on any atom is 0.342 e. The van der Waals surface area contributed by atoms with Gasteiger partial charge in [0.25, 0.3) is 0 Å². The third kappa shape index (κ3) is 10.0. The lowest BCUT2D eigenvalue weighted by atomic mass is 9.96. The van der Waals surface area contributed by atoms with Crippen molar-refractivity contribution < 1.29 is 47.8 Å². The molecule has 0 aromatic carbocycles. The van der Waals surface area contributed by atoms with Crippen LogP contribution in [0.15, 0.2) is 6.33 Å². The SMILES string of the molecule is CCOc1nc(N)nc2c1ncn2C1OC(COP(=O)(NC(C)C(=O)OCC(C)(C)C)NC(C)C(=O)OCC(C)(C)C)C(O)C1(C)O. The Morgan fingerprint density at radius 1 is 1.09 bits per heavy atom. The molecule has 17 nitrogen and oxygen atoms in total. The highest BCUT2D eigenvalue weighted by atomic mass is 31.2. The highest BCUT2D eigenvalue weighted by Gasteiger charge is 2.54. The number of hydrogen-bond acceptors (Lipinski definition) is 14. The fraction of sp³-hybridized carbons (Fsp3) is 0.759. The topological polar surface area (TPSA) is 231 Å². The van der Waals surface area contributed by atoms with Gasteiger partial charge in [-0.2, -0.15) is 9.97 Å². The first-order chi connectivity index (χ1) is 21.6. The van der Waals surface area contributed by atoms with Crippen LogP contribution in [0.25, 0.3) is 11.2 Å². The molecule has 1 aliphatic heterocycles. The summed E-state index contributed by atoms with van der Waals surface area (Å²) in [5, 5.41) is 27.7. The Morgan fingerprint density at radius 3 is 2.11 bits per heavy atom. The van der Waals surface area contributed by atoms with Crippen molar-refractivity contribution in [3.8, 4) is 5.88 Å². The summed E-state index contributed by atoms with van der Waals surface area (Å²) in [6.07, 6.45) is -2.73. The van der Waals surface area contributed by atoms with Crippen LogP contribution < -0.4 is 20.6 Å². The summed E-state index contributed by atoms with van der Waals surface area (Å²) in [4.78, 5) is 38.1. The second-order valence-electron chi connectivity index (χ2n) is 14.2. The third-order valence-corrected chi connectivity index (χ3v) is 8.81. The van der Waals surface area contributed by atoms with Crippen molar-refractivity contribution >= 4 is 36.7 Å². The number of nitrogens with one attached hydrogen (secondary N) is 2. The van der Waals surface area contributed by atoms with E-state index in [1.807, 2.05) is 41.5 Å². The minimum Gasteiger partial charge on any atom is -0.476 e. The first kappa shape index (κ1) is 38.5. The predicted octanol–water partition coefficient (Wildman–Crippen LogP) is 2.08. The Kier molecular flexibility index (Phi) is 12.0. The quantitative estimate of drug-likeness (QED) is 0.141. The number of aliphatic hydroxyl groups is 2. The molecule has 0 bridgehead atoms. The van der Waals surface area contributed by atoms with Gasteiger partial charge in [-0.3, -0.25) is 18.7 Å². The van der Waals surface area contributed by atoms with Crippen LogP contribution in [0.3, 0.4) is 0 Å². The van der Waals surface area contributed by atoms with Gasteiger partial charge in [0.1, 0.15) is 29.9 Å². The van der Waals surface area contributed by atoms with Gasteiger partial charge in [-0.1, -0.05) is 41.5 Å². The number of imidazole rings is 1. The molecule has 3 rings (SSSR count). The Hall–Kier alpha value is -2.92. The maximum atomic E-state index is 14.2. The van der Waals surface area contributed by atoms with E-state index in [1.54, 1.807) is 6.92 Å². The number of aromatic nitrogens is 4. The van der Waals surface area contributed by atoms with E-state index >= 15 is 0 Å². The molecule has 0 spiro atoms. The Labute approximate surface area is 274 Å². The number of hydrogen-bond donors (Lipinski definition) is 5. The summed E-state index contributed by atoms with van der Waals surface area (Å²) in [6.45, 7) is 17.3. The molecule has 6 atom stereocenters. The summed E-state index contributed by atoms with van der Waals surface area (Å²) in [6, 6.07) is -2.28. The third-order valence-electron chi connectivity index (χ3n) is 6.84. The van der Waals surface area contributed by atoms with Gasteiger partial charge in [0.15, 0.2) is 17.4 Å². The normalized spacial score (nSPS) is 24.5. The van der Waals surface area contributed by atoms with Crippen molar-refractivity contribution in [2.75, 3.05) is 32.2 Å². The molecule has 1 saturated heterocycles. The van der Waals surface area contributed by atoms with E-state index in [4.69, 9.17) is 29.2 Å². The van der Waals surface area contributed by atoms with E-state index in [0.29, 0.717) is 0 Å². The number of carbonyl (C=O) groups is 2. The maximum absolute atomic E-state index is 14.2. The largest absolute Gasteiger partial charge is 0.476 e. The molecule has 18 heteroatoms. The number of ether oxygens (including phenoxy) is 4. The molecular weight excluding hydrogens is 637 g/mol. The molecule has 2 aromatic heterocycles. The second-order valence-corrected chi connectivity index (χ2v) is 16.1. The standard InChI is InChI=1S/C29H50N7O10P/c1-11-42-22-19-21(32-26(30)33-22)36(15-31-19)25-29(10,40)20(37)18(46-25)12-45-47(41,34-16(2)23(38)43-13-27(4,5)6)35-17(3)24(39)44-14-28(7,8)9/h15-18,20,25,37,40H,11-14H2,1-10H3,(H2,30,32,33)(H2,34,35,41). The lowest BCUT2D eigenvalue weighted by Crippen LogP contribution is -2.45. The van der Waals surface area contributed by atoms with Crippen molar-refractivity contribution in [2.24, 2.45) is 10.8 Å². The van der Waals surface area contributed by atoms with Gasteiger partial charge in [0, 0.05) is 0 Å². The molecule has 0 aliphatic carbocycles.